The molecule has 2 heterocycles. The SMILES string of the molecule is C1=C[C@H](Cc2nc([C@@H]3CCOC3)no2)CC1. The molecule has 4 nitrogen and oxygen atoms in total. The lowest BCUT2D eigenvalue weighted by atomic mass is 10.1. The number of allylic oxidation sites excluding steroid dienone is 2. The van der Waals surface area contributed by atoms with Gasteiger partial charge in [0.15, 0.2) is 5.82 Å². The minimum atomic E-state index is 0.344. The van der Waals surface area contributed by atoms with Gasteiger partial charge in [-0.25, -0.2) is 0 Å². The molecule has 0 N–H and O–H groups in total. The number of nitrogens with zero attached hydrogens (tertiary/aromatic N) is 2. The maximum absolute atomic E-state index is 5.32. The fourth-order valence-electron chi connectivity index (χ4n) is 2.34. The van der Waals surface area contributed by atoms with Gasteiger partial charge < -0.3 is 9.26 Å². The van der Waals surface area contributed by atoms with Crippen molar-refractivity contribution in [3.63, 3.8) is 0 Å². The smallest absolute Gasteiger partial charge is 0.227 e. The molecule has 0 saturated carbocycles. The summed E-state index contributed by atoms with van der Waals surface area (Å²) < 4.78 is 10.6. The first-order chi connectivity index (χ1) is 7.92. The highest BCUT2D eigenvalue weighted by Gasteiger charge is 2.23. The van der Waals surface area contributed by atoms with Crippen molar-refractivity contribution in [1.29, 1.82) is 0 Å². The van der Waals surface area contributed by atoms with Crippen LogP contribution in [0.5, 0.6) is 0 Å². The molecule has 1 fully saturated rings. The van der Waals surface area contributed by atoms with Crippen molar-refractivity contribution in [1.82, 2.24) is 10.1 Å². The van der Waals surface area contributed by atoms with Crippen LogP contribution in [0.25, 0.3) is 0 Å². The third-order valence-corrected chi connectivity index (χ3v) is 3.33. The maximum atomic E-state index is 5.32. The fraction of sp³-hybridized carbons (Fsp3) is 0.667. The maximum Gasteiger partial charge on any atom is 0.227 e. The molecule has 1 aromatic heterocycles. The summed E-state index contributed by atoms with van der Waals surface area (Å²) in [5, 5.41) is 4.05. The Morgan fingerprint density at radius 3 is 3.12 bits per heavy atom. The van der Waals surface area contributed by atoms with Gasteiger partial charge in [0.1, 0.15) is 0 Å². The number of aromatic nitrogens is 2. The molecule has 1 aliphatic heterocycles. The molecule has 4 heteroatoms. The molecule has 3 rings (SSSR count). The van der Waals surface area contributed by atoms with Crippen LogP contribution >= 0.6 is 0 Å². The van der Waals surface area contributed by atoms with Crippen molar-refractivity contribution in [2.24, 2.45) is 5.92 Å². The molecule has 0 bridgehead atoms. The number of hydrogen-bond donors (Lipinski definition) is 0. The summed E-state index contributed by atoms with van der Waals surface area (Å²) in [5.41, 5.74) is 0. The first kappa shape index (κ1) is 10.0. The summed E-state index contributed by atoms with van der Waals surface area (Å²) in [6.45, 7) is 1.56. The van der Waals surface area contributed by atoms with E-state index >= 15 is 0 Å². The first-order valence-electron chi connectivity index (χ1n) is 5.99. The normalized spacial score (nSPS) is 29.0. The minimum Gasteiger partial charge on any atom is -0.381 e. The molecule has 1 saturated heterocycles. The fourth-order valence-corrected chi connectivity index (χ4v) is 2.34. The Balaban J connectivity index is 1.65. The van der Waals surface area contributed by atoms with Gasteiger partial charge in [0.25, 0.3) is 0 Å². The Bertz CT molecular complexity index is 380. The van der Waals surface area contributed by atoms with Crippen LogP contribution in [0.15, 0.2) is 16.7 Å². The topological polar surface area (TPSA) is 48.2 Å². The van der Waals surface area contributed by atoms with E-state index in [-0.39, 0.29) is 0 Å². The molecule has 0 unspecified atom stereocenters. The van der Waals surface area contributed by atoms with Gasteiger partial charge in [-0.3, -0.25) is 0 Å². The summed E-state index contributed by atoms with van der Waals surface area (Å²) >= 11 is 0. The lowest BCUT2D eigenvalue weighted by Gasteiger charge is -2.01. The minimum absolute atomic E-state index is 0.344. The highest BCUT2D eigenvalue weighted by molar-refractivity contribution is 5.02. The quantitative estimate of drug-likeness (QED) is 0.732. The second-order valence-corrected chi connectivity index (χ2v) is 4.58. The van der Waals surface area contributed by atoms with Gasteiger partial charge in [-0.2, -0.15) is 4.98 Å². The Morgan fingerprint density at radius 2 is 2.38 bits per heavy atom. The van der Waals surface area contributed by atoms with Gasteiger partial charge in [0.2, 0.25) is 5.89 Å². The van der Waals surface area contributed by atoms with Crippen LogP contribution in [0, 0.1) is 5.92 Å². The molecule has 1 aromatic rings. The predicted octanol–water partition coefficient (Wildman–Crippen LogP) is 2.08. The van der Waals surface area contributed by atoms with Crippen molar-refractivity contribution in [2.75, 3.05) is 13.2 Å². The lowest BCUT2D eigenvalue weighted by molar-refractivity contribution is 0.192. The van der Waals surface area contributed by atoms with E-state index in [4.69, 9.17) is 9.26 Å². The third kappa shape index (κ3) is 2.02. The van der Waals surface area contributed by atoms with Gasteiger partial charge in [0, 0.05) is 18.9 Å². The van der Waals surface area contributed by atoms with E-state index in [1.807, 2.05) is 0 Å². The van der Waals surface area contributed by atoms with Gasteiger partial charge in [0.05, 0.1) is 6.61 Å². The molecule has 0 spiro atoms. The molecular formula is C12H16N2O2. The van der Waals surface area contributed by atoms with Crippen molar-refractivity contribution >= 4 is 0 Å². The Labute approximate surface area is 94.7 Å². The predicted molar refractivity (Wildman–Crippen MR) is 58.0 cm³/mol. The average Bonchev–Trinajstić information content (AvgIpc) is 2.99. The zero-order valence-corrected chi connectivity index (χ0v) is 9.26. The Morgan fingerprint density at radius 1 is 1.38 bits per heavy atom. The van der Waals surface area contributed by atoms with Gasteiger partial charge in [-0.05, 0) is 25.2 Å². The number of ether oxygens (including phenoxy) is 1. The van der Waals surface area contributed by atoms with Crippen molar-refractivity contribution < 1.29 is 9.26 Å². The summed E-state index contributed by atoms with van der Waals surface area (Å²) in [6.07, 6.45) is 8.78. The molecule has 16 heavy (non-hydrogen) atoms. The number of rotatable bonds is 3. The summed E-state index contributed by atoms with van der Waals surface area (Å²) in [6, 6.07) is 0. The second-order valence-electron chi connectivity index (χ2n) is 4.58. The van der Waals surface area contributed by atoms with Crippen molar-refractivity contribution in [2.45, 2.75) is 31.6 Å². The Hall–Kier alpha value is -1.16. The van der Waals surface area contributed by atoms with E-state index in [0.717, 1.165) is 37.8 Å². The molecule has 86 valence electrons. The van der Waals surface area contributed by atoms with Crippen LogP contribution < -0.4 is 0 Å². The van der Waals surface area contributed by atoms with Crippen molar-refractivity contribution in [3.05, 3.63) is 23.9 Å². The molecule has 0 amide bonds. The summed E-state index contributed by atoms with van der Waals surface area (Å²) in [5.74, 6) is 2.54. The molecule has 0 aromatic carbocycles. The largest absolute Gasteiger partial charge is 0.381 e. The zero-order chi connectivity index (χ0) is 10.8. The first-order valence-corrected chi connectivity index (χ1v) is 5.99. The van der Waals surface area contributed by atoms with Crippen LogP contribution in [0.3, 0.4) is 0 Å². The van der Waals surface area contributed by atoms with Crippen LogP contribution in [0.1, 0.15) is 36.9 Å². The number of hydrogen-bond acceptors (Lipinski definition) is 4. The summed E-state index contributed by atoms with van der Waals surface area (Å²) in [7, 11) is 0. The standard InChI is InChI=1S/C12H16N2O2/c1-2-4-9(3-1)7-11-13-12(14-16-11)10-5-6-15-8-10/h1,3,9-10H,2,4-8H2/t9-,10+/m0/s1. The molecule has 2 atom stereocenters. The molecular weight excluding hydrogens is 204 g/mol. The zero-order valence-electron chi connectivity index (χ0n) is 9.26. The monoisotopic (exact) mass is 220 g/mol. The van der Waals surface area contributed by atoms with Crippen molar-refractivity contribution in [3.8, 4) is 0 Å². The highest BCUT2D eigenvalue weighted by atomic mass is 16.5. The average molecular weight is 220 g/mol. The Kier molecular flexibility index (Phi) is 2.74. The van der Waals surface area contributed by atoms with Crippen LogP contribution in [0.2, 0.25) is 0 Å². The van der Waals surface area contributed by atoms with E-state index in [0.29, 0.717) is 11.8 Å². The van der Waals surface area contributed by atoms with Crippen LogP contribution in [-0.2, 0) is 11.2 Å². The summed E-state index contributed by atoms with van der Waals surface area (Å²) in [4.78, 5) is 4.46. The van der Waals surface area contributed by atoms with E-state index in [9.17, 15) is 0 Å². The second kappa shape index (κ2) is 4.37. The molecule has 1 aliphatic carbocycles. The van der Waals surface area contributed by atoms with Crippen LogP contribution in [-0.4, -0.2) is 23.4 Å². The lowest BCUT2D eigenvalue weighted by Crippen LogP contribution is -2.01. The van der Waals surface area contributed by atoms with Gasteiger partial charge in [-0.1, -0.05) is 17.3 Å². The highest BCUT2D eigenvalue weighted by Crippen LogP contribution is 2.24. The third-order valence-electron chi connectivity index (χ3n) is 3.33. The van der Waals surface area contributed by atoms with Gasteiger partial charge in [-0.15, -0.1) is 0 Å². The van der Waals surface area contributed by atoms with Crippen LogP contribution in [0.4, 0.5) is 0 Å². The van der Waals surface area contributed by atoms with Gasteiger partial charge >= 0.3 is 0 Å². The van der Waals surface area contributed by atoms with E-state index in [1.54, 1.807) is 0 Å². The molecule has 2 aliphatic rings. The van der Waals surface area contributed by atoms with E-state index in [1.165, 1.54) is 12.8 Å². The van der Waals surface area contributed by atoms with E-state index in [2.05, 4.69) is 22.3 Å². The van der Waals surface area contributed by atoms with E-state index < -0.39 is 0 Å². The molecule has 0 radical (unpaired) electrons.